The number of furan rings is 2. The number of nitrogens with zero attached hydrogens (tertiary/aromatic N) is 1. The van der Waals surface area contributed by atoms with Crippen molar-refractivity contribution in [3.05, 3.63) is 188 Å². The number of para-hydroxylation sites is 2. The summed E-state index contributed by atoms with van der Waals surface area (Å²) in [6.45, 7) is 0. The minimum Gasteiger partial charge on any atom is -0.456 e. The summed E-state index contributed by atoms with van der Waals surface area (Å²) >= 11 is 0. The minimum absolute atomic E-state index is 0.859. The maximum absolute atomic E-state index is 6.83. The Balaban J connectivity index is 1.20. The fraction of sp³-hybridized carbons (Fsp3) is 0. The summed E-state index contributed by atoms with van der Waals surface area (Å²) in [6.07, 6.45) is 0. The van der Waals surface area contributed by atoms with E-state index in [9.17, 15) is 0 Å². The summed E-state index contributed by atoms with van der Waals surface area (Å²) in [5, 5.41) is 9.16. The smallest absolute Gasteiger partial charge is 0.145 e. The van der Waals surface area contributed by atoms with Gasteiger partial charge in [-0.1, -0.05) is 140 Å². The van der Waals surface area contributed by atoms with Crippen LogP contribution in [0.3, 0.4) is 0 Å². The predicted molar refractivity (Wildman–Crippen MR) is 222 cm³/mol. The van der Waals surface area contributed by atoms with Crippen LogP contribution >= 0.6 is 0 Å². The first-order chi connectivity index (χ1) is 26.3. The Bertz CT molecular complexity index is 3170. The molecule has 0 aliphatic heterocycles. The second-order valence-electron chi connectivity index (χ2n) is 13.7. The highest BCUT2D eigenvalue weighted by Crippen LogP contribution is 2.48. The van der Waals surface area contributed by atoms with Crippen LogP contribution < -0.4 is 4.90 Å². The van der Waals surface area contributed by atoms with E-state index in [4.69, 9.17) is 8.83 Å². The lowest BCUT2D eigenvalue weighted by Crippen LogP contribution is -2.11. The Morgan fingerprint density at radius 2 is 1.00 bits per heavy atom. The topological polar surface area (TPSA) is 29.5 Å². The molecule has 0 fully saturated rings. The number of anilines is 3. The van der Waals surface area contributed by atoms with Gasteiger partial charge >= 0.3 is 0 Å². The molecule has 0 N–H and O–H groups in total. The SMILES string of the molecule is c1ccc(-c2ccc(-c3ccc(N(c4ccc5oc6ccccc6c5c4)c4cccc5c4ccc4ccccc45)c4c3oc3ccccc34)cc2)cc1. The number of benzene rings is 9. The van der Waals surface area contributed by atoms with Gasteiger partial charge in [-0.15, -0.1) is 0 Å². The van der Waals surface area contributed by atoms with E-state index in [-0.39, 0.29) is 0 Å². The first kappa shape index (κ1) is 29.6. The molecule has 0 spiro atoms. The largest absolute Gasteiger partial charge is 0.456 e. The molecule has 2 heterocycles. The van der Waals surface area contributed by atoms with E-state index < -0.39 is 0 Å². The summed E-state index contributed by atoms with van der Waals surface area (Å²) in [6, 6.07) is 66.8. The Labute approximate surface area is 305 Å². The van der Waals surface area contributed by atoms with Crippen molar-refractivity contribution in [2.75, 3.05) is 4.90 Å². The van der Waals surface area contributed by atoms with Gasteiger partial charge in [-0.25, -0.2) is 0 Å². The lowest BCUT2D eigenvalue weighted by Gasteiger charge is -2.28. The van der Waals surface area contributed by atoms with Crippen molar-refractivity contribution in [2.24, 2.45) is 0 Å². The molecule has 0 atom stereocenters. The molecular weight excluding hydrogens is 647 g/mol. The predicted octanol–water partition coefficient (Wildman–Crippen LogP) is 14.6. The maximum Gasteiger partial charge on any atom is 0.145 e. The van der Waals surface area contributed by atoms with Crippen LogP contribution in [0.15, 0.2) is 197 Å². The van der Waals surface area contributed by atoms with Crippen LogP contribution in [0.25, 0.3) is 87.7 Å². The zero-order valence-electron chi connectivity index (χ0n) is 28.7. The molecule has 0 unspecified atom stereocenters. The Morgan fingerprint density at radius 3 is 1.85 bits per heavy atom. The molecule has 9 aromatic carbocycles. The average molecular weight is 678 g/mol. The van der Waals surface area contributed by atoms with E-state index >= 15 is 0 Å². The number of fused-ring (bicyclic) bond motifs is 9. The second kappa shape index (κ2) is 11.7. The molecule has 2 aromatic heterocycles. The van der Waals surface area contributed by atoms with E-state index in [1.165, 1.54) is 32.7 Å². The molecule has 0 radical (unpaired) electrons. The molecule has 248 valence electrons. The van der Waals surface area contributed by atoms with Gasteiger partial charge in [-0.3, -0.25) is 0 Å². The zero-order valence-corrected chi connectivity index (χ0v) is 28.7. The normalized spacial score (nSPS) is 11.8. The van der Waals surface area contributed by atoms with Gasteiger partial charge in [-0.05, 0) is 81.4 Å². The van der Waals surface area contributed by atoms with E-state index in [1.54, 1.807) is 0 Å². The first-order valence-corrected chi connectivity index (χ1v) is 18.0. The van der Waals surface area contributed by atoms with Crippen LogP contribution in [0.4, 0.5) is 17.1 Å². The second-order valence-corrected chi connectivity index (χ2v) is 13.7. The molecule has 0 aliphatic carbocycles. The monoisotopic (exact) mass is 677 g/mol. The van der Waals surface area contributed by atoms with E-state index in [1.807, 2.05) is 18.2 Å². The van der Waals surface area contributed by atoms with Crippen LogP contribution in [-0.4, -0.2) is 0 Å². The number of hydrogen-bond donors (Lipinski definition) is 0. The van der Waals surface area contributed by atoms with Crippen molar-refractivity contribution in [1.82, 2.24) is 0 Å². The Morgan fingerprint density at radius 1 is 0.340 bits per heavy atom. The van der Waals surface area contributed by atoms with Gasteiger partial charge in [-0.2, -0.15) is 0 Å². The van der Waals surface area contributed by atoms with E-state index in [2.05, 4.69) is 175 Å². The quantitative estimate of drug-likeness (QED) is 0.170. The Hall–Kier alpha value is -7.10. The zero-order chi connectivity index (χ0) is 34.9. The molecule has 53 heavy (non-hydrogen) atoms. The highest BCUT2D eigenvalue weighted by Gasteiger charge is 2.24. The number of hydrogen-bond acceptors (Lipinski definition) is 3. The Kier molecular flexibility index (Phi) is 6.55. The van der Waals surface area contributed by atoms with Crippen LogP contribution in [0, 0.1) is 0 Å². The molecule has 0 saturated carbocycles. The van der Waals surface area contributed by atoms with E-state index in [0.717, 1.165) is 72.1 Å². The van der Waals surface area contributed by atoms with Crippen molar-refractivity contribution in [2.45, 2.75) is 0 Å². The van der Waals surface area contributed by atoms with Gasteiger partial charge in [0.25, 0.3) is 0 Å². The minimum atomic E-state index is 0.859. The number of rotatable bonds is 5. The summed E-state index contributed by atoms with van der Waals surface area (Å²) in [7, 11) is 0. The van der Waals surface area contributed by atoms with Gasteiger partial charge in [0.15, 0.2) is 0 Å². The average Bonchev–Trinajstić information content (AvgIpc) is 3.80. The van der Waals surface area contributed by atoms with Gasteiger partial charge in [0.2, 0.25) is 0 Å². The molecular formula is C50H31NO2. The van der Waals surface area contributed by atoms with Crippen LogP contribution in [0.1, 0.15) is 0 Å². The van der Waals surface area contributed by atoms with Crippen LogP contribution in [0.2, 0.25) is 0 Å². The highest BCUT2D eigenvalue weighted by atomic mass is 16.3. The molecule has 3 heteroatoms. The summed E-state index contributed by atoms with van der Waals surface area (Å²) in [5.74, 6) is 0. The fourth-order valence-electron chi connectivity index (χ4n) is 8.18. The van der Waals surface area contributed by atoms with Crippen LogP contribution in [0.5, 0.6) is 0 Å². The molecule has 0 aliphatic rings. The maximum atomic E-state index is 6.83. The van der Waals surface area contributed by atoms with Crippen molar-refractivity contribution in [3.8, 4) is 22.3 Å². The van der Waals surface area contributed by atoms with Crippen LogP contribution in [-0.2, 0) is 0 Å². The van der Waals surface area contributed by atoms with Crippen molar-refractivity contribution in [1.29, 1.82) is 0 Å². The third-order valence-electron chi connectivity index (χ3n) is 10.7. The van der Waals surface area contributed by atoms with Crippen molar-refractivity contribution in [3.63, 3.8) is 0 Å². The molecule has 0 amide bonds. The standard InChI is InChI=1S/C50H31NO2/c1-2-11-32(12-3-1)33-21-23-35(24-22-33)38-28-29-45(49-42-16-7-9-20-47(42)53-50(38)49)51(36-26-30-48-43(31-36)41-15-6-8-19-46(41)52-48)44-18-10-17-39-37-14-5-4-13-34(37)25-27-40(39)44/h1-31H. The molecule has 0 bridgehead atoms. The van der Waals surface area contributed by atoms with Gasteiger partial charge in [0, 0.05) is 32.8 Å². The molecule has 0 saturated heterocycles. The summed E-state index contributed by atoms with van der Waals surface area (Å²) in [4.78, 5) is 2.41. The molecule has 11 rings (SSSR count). The van der Waals surface area contributed by atoms with Gasteiger partial charge < -0.3 is 13.7 Å². The lowest BCUT2D eigenvalue weighted by molar-refractivity contribution is 0.669. The summed E-state index contributed by atoms with van der Waals surface area (Å²) < 4.78 is 13.1. The lowest BCUT2D eigenvalue weighted by atomic mass is 9.96. The van der Waals surface area contributed by atoms with Crippen molar-refractivity contribution >= 4 is 82.5 Å². The van der Waals surface area contributed by atoms with Crippen molar-refractivity contribution < 1.29 is 8.83 Å². The summed E-state index contributed by atoms with van der Waals surface area (Å²) in [5.41, 5.74) is 11.2. The van der Waals surface area contributed by atoms with Gasteiger partial charge in [0.1, 0.15) is 22.3 Å². The third kappa shape index (κ3) is 4.68. The van der Waals surface area contributed by atoms with Gasteiger partial charge in [0.05, 0.1) is 16.8 Å². The van der Waals surface area contributed by atoms with E-state index in [0.29, 0.717) is 0 Å². The molecule has 11 aromatic rings. The first-order valence-electron chi connectivity index (χ1n) is 18.0. The fourth-order valence-corrected chi connectivity index (χ4v) is 8.18. The molecule has 3 nitrogen and oxygen atoms in total. The highest BCUT2D eigenvalue weighted by molar-refractivity contribution is 6.20. The third-order valence-corrected chi connectivity index (χ3v) is 10.7.